The minimum atomic E-state index is -5.18. The van der Waals surface area contributed by atoms with E-state index in [-0.39, 0.29) is 0 Å². The van der Waals surface area contributed by atoms with Gasteiger partial charge in [0.1, 0.15) is 9.26 Å². The number of hydrogen-bond donors (Lipinski definition) is 1. The summed E-state index contributed by atoms with van der Waals surface area (Å²) in [7, 11) is 0. The number of rotatable bonds is 2. The molecule has 0 aromatic carbocycles. The Morgan fingerprint density at radius 1 is 1.41 bits per heavy atom. The van der Waals surface area contributed by atoms with Crippen molar-refractivity contribution >= 4 is 28.6 Å². The molecule has 94 valence electrons. The van der Waals surface area contributed by atoms with Crippen molar-refractivity contribution in [2.24, 2.45) is 0 Å². The summed E-state index contributed by atoms with van der Waals surface area (Å²) in [5, 5.41) is 8.63. The highest BCUT2D eigenvalue weighted by Gasteiger charge is 2.41. The lowest BCUT2D eigenvalue weighted by Crippen LogP contribution is -2.19. The second-order valence-electron chi connectivity index (χ2n) is 2.86. The van der Waals surface area contributed by atoms with Gasteiger partial charge in [-0.15, -0.1) is 0 Å². The number of pyridine rings is 1. The number of hydrogen-bond acceptors (Lipinski definition) is 2. The molecule has 1 rings (SSSR count). The summed E-state index contributed by atoms with van der Waals surface area (Å²) in [5.74, 6) is -1.95. The molecule has 0 aliphatic heterocycles. The fraction of sp³-hybridized carbons (Fsp3) is 0.250. The molecule has 0 fully saturated rings. The van der Waals surface area contributed by atoms with Crippen molar-refractivity contribution in [2.45, 2.75) is 12.6 Å². The van der Waals surface area contributed by atoms with E-state index >= 15 is 0 Å². The van der Waals surface area contributed by atoms with Gasteiger partial charge in [-0.25, -0.2) is 18.6 Å². The first-order valence-corrected chi connectivity index (χ1v) is 5.01. The predicted octanol–water partition coefficient (Wildman–Crippen LogP) is 3.34. The lowest BCUT2D eigenvalue weighted by Gasteiger charge is -2.15. The van der Waals surface area contributed by atoms with Gasteiger partial charge in [-0.1, -0.05) is 0 Å². The fourth-order valence-corrected chi connectivity index (χ4v) is 1.81. The number of aromatic carboxylic acids is 1. The van der Waals surface area contributed by atoms with Gasteiger partial charge in [0, 0.05) is 11.8 Å². The summed E-state index contributed by atoms with van der Waals surface area (Å²) >= 11 is 1.24. The first-order valence-electron chi connectivity index (χ1n) is 3.93. The summed E-state index contributed by atoms with van der Waals surface area (Å²) < 4.78 is 62.0. The molecular weight excluding hydrogens is 364 g/mol. The van der Waals surface area contributed by atoms with Crippen LogP contribution in [0.25, 0.3) is 0 Å². The largest absolute Gasteiger partial charge is 0.478 e. The zero-order valence-electron chi connectivity index (χ0n) is 7.73. The third kappa shape index (κ3) is 2.82. The monoisotopic (exact) mass is 367 g/mol. The van der Waals surface area contributed by atoms with Crippen LogP contribution >= 0.6 is 22.6 Å². The third-order valence-electron chi connectivity index (χ3n) is 1.79. The fourth-order valence-electron chi connectivity index (χ4n) is 1.17. The molecule has 3 nitrogen and oxygen atoms in total. The highest BCUT2D eigenvalue weighted by Crippen LogP contribution is 2.39. The molecule has 0 aliphatic rings. The number of aromatic nitrogens is 1. The van der Waals surface area contributed by atoms with Crippen molar-refractivity contribution in [3.63, 3.8) is 0 Å². The predicted molar refractivity (Wildman–Crippen MR) is 53.9 cm³/mol. The molecule has 0 amide bonds. The van der Waals surface area contributed by atoms with Crippen LogP contribution in [-0.2, 0) is 6.18 Å². The van der Waals surface area contributed by atoms with E-state index in [0.29, 0.717) is 6.20 Å². The first-order chi connectivity index (χ1) is 7.66. The van der Waals surface area contributed by atoms with Crippen LogP contribution in [0.4, 0.5) is 22.0 Å². The van der Waals surface area contributed by atoms with Crippen LogP contribution in [0.5, 0.6) is 0 Å². The molecule has 1 N–H and O–H groups in total. The van der Waals surface area contributed by atoms with Gasteiger partial charge < -0.3 is 5.11 Å². The molecule has 1 aromatic heterocycles. The molecule has 17 heavy (non-hydrogen) atoms. The Hall–Kier alpha value is -1.00. The Morgan fingerprint density at radius 3 is 2.29 bits per heavy atom. The van der Waals surface area contributed by atoms with Gasteiger partial charge in [-0.2, -0.15) is 13.2 Å². The molecule has 0 spiro atoms. The van der Waals surface area contributed by atoms with E-state index in [1.807, 2.05) is 0 Å². The van der Waals surface area contributed by atoms with Gasteiger partial charge in [-0.3, -0.25) is 0 Å². The van der Waals surface area contributed by atoms with Gasteiger partial charge in [0.2, 0.25) is 0 Å². The molecule has 1 heterocycles. The lowest BCUT2D eigenvalue weighted by molar-refractivity contribution is -0.140. The lowest BCUT2D eigenvalue weighted by atomic mass is 10.0. The highest BCUT2D eigenvalue weighted by molar-refractivity contribution is 14.1. The number of carboxylic acid groups (broad SMARTS) is 1. The van der Waals surface area contributed by atoms with E-state index in [1.165, 1.54) is 22.6 Å². The quantitative estimate of drug-likeness (QED) is 0.496. The van der Waals surface area contributed by atoms with E-state index in [9.17, 15) is 26.7 Å². The maximum atomic E-state index is 12.6. The Bertz CT molecular complexity index is 460. The van der Waals surface area contributed by atoms with E-state index in [2.05, 4.69) is 4.98 Å². The average molecular weight is 367 g/mol. The second kappa shape index (κ2) is 4.70. The Morgan fingerprint density at radius 2 is 1.94 bits per heavy atom. The molecule has 0 saturated heterocycles. The van der Waals surface area contributed by atoms with Crippen LogP contribution in [0.2, 0.25) is 0 Å². The van der Waals surface area contributed by atoms with Crippen molar-refractivity contribution in [2.75, 3.05) is 0 Å². The van der Waals surface area contributed by atoms with Crippen molar-refractivity contribution in [3.8, 4) is 0 Å². The first kappa shape index (κ1) is 14.1. The SMILES string of the molecule is O=C(O)c1c(I)ncc(C(F)F)c1C(F)(F)F. The van der Waals surface area contributed by atoms with E-state index < -0.39 is 39.0 Å². The zero-order chi connectivity index (χ0) is 13.4. The summed E-state index contributed by atoms with van der Waals surface area (Å²) in [6.45, 7) is 0. The molecular formula is C8H3F5INO2. The van der Waals surface area contributed by atoms with E-state index in [0.717, 1.165) is 0 Å². The van der Waals surface area contributed by atoms with E-state index in [1.54, 1.807) is 0 Å². The second-order valence-corrected chi connectivity index (χ2v) is 3.88. The number of alkyl halides is 5. The van der Waals surface area contributed by atoms with Crippen LogP contribution in [-0.4, -0.2) is 16.1 Å². The summed E-state index contributed by atoms with van der Waals surface area (Å²) in [4.78, 5) is 13.9. The molecule has 1 aromatic rings. The maximum absolute atomic E-state index is 12.6. The van der Waals surface area contributed by atoms with Crippen LogP contribution in [0.1, 0.15) is 27.9 Å². The molecule has 0 bridgehead atoms. The van der Waals surface area contributed by atoms with Crippen molar-refractivity contribution in [1.82, 2.24) is 4.98 Å². The van der Waals surface area contributed by atoms with Crippen molar-refractivity contribution < 1.29 is 31.9 Å². The minimum Gasteiger partial charge on any atom is -0.478 e. The van der Waals surface area contributed by atoms with Gasteiger partial charge >= 0.3 is 12.1 Å². The number of nitrogens with zero attached hydrogens (tertiary/aromatic N) is 1. The smallest absolute Gasteiger partial charge is 0.417 e. The topological polar surface area (TPSA) is 50.2 Å². The van der Waals surface area contributed by atoms with Gasteiger partial charge in [-0.05, 0) is 22.6 Å². The minimum absolute atomic E-state index is 0.335. The molecule has 0 atom stereocenters. The highest BCUT2D eigenvalue weighted by atomic mass is 127. The van der Waals surface area contributed by atoms with Crippen LogP contribution in [0.15, 0.2) is 6.20 Å². The van der Waals surface area contributed by atoms with Crippen molar-refractivity contribution in [3.05, 3.63) is 26.6 Å². The molecule has 0 radical (unpaired) electrons. The number of carboxylic acids is 1. The Kier molecular flexibility index (Phi) is 3.89. The third-order valence-corrected chi connectivity index (χ3v) is 2.61. The summed E-state index contributed by atoms with van der Waals surface area (Å²) in [5.41, 5.74) is -4.54. The van der Waals surface area contributed by atoms with Gasteiger partial charge in [0.05, 0.1) is 5.56 Å². The number of carbonyl (C=O) groups is 1. The number of halogens is 6. The molecule has 0 aliphatic carbocycles. The molecule has 9 heteroatoms. The van der Waals surface area contributed by atoms with Gasteiger partial charge in [0.25, 0.3) is 6.43 Å². The van der Waals surface area contributed by atoms with E-state index in [4.69, 9.17) is 5.11 Å². The Balaban J connectivity index is 3.68. The maximum Gasteiger partial charge on any atom is 0.417 e. The normalized spacial score (nSPS) is 11.9. The summed E-state index contributed by atoms with van der Waals surface area (Å²) in [6.07, 6.45) is -8.29. The van der Waals surface area contributed by atoms with Crippen molar-refractivity contribution in [1.29, 1.82) is 0 Å². The standard InChI is InChI=1S/C8H3F5INO2/c9-5(10)2-1-15-6(14)3(7(16)17)4(2)8(11,12)13/h1,5H,(H,16,17). The average Bonchev–Trinajstić information content (AvgIpc) is 2.14. The molecule has 0 saturated carbocycles. The Labute approximate surface area is 105 Å². The molecule has 0 unspecified atom stereocenters. The van der Waals surface area contributed by atoms with Gasteiger partial charge in [0.15, 0.2) is 0 Å². The summed E-state index contributed by atoms with van der Waals surface area (Å²) in [6, 6.07) is 0. The van der Waals surface area contributed by atoms with Crippen LogP contribution < -0.4 is 0 Å². The zero-order valence-corrected chi connectivity index (χ0v) is 9.88. The van der Waals surface area contributed by atoms with Crippen LogP contribution in [0.3, 0.4) is 0 Å². The van der Waals surface area contributed by atoms with Crippen LogP contribution in [0, 0.1) is 3.70 Å².